The molecule has 1 aliphatic rings. The fourth-order valence-electron chi connectivity index (χ4n) is 1.95. The Kier molecular flexibility index (Phi) is 5.35. The van der Waals surface area contributed by atoms with Crippen molar-refractivity contribution in [3.05, 3.63) is 0 Å². The van der Waals surface area contributed by atoms with Gasteiger partial charge in [-0.2, -0.15) is 13.2 Å². The first kappa shape index (κ1) is 16.7. The molecule has 0 saturated carbocycles. The van der Waals surface area contributed by atoms with Crippen LogP contribution in [0.4, 0.5) is 13.2 Å². The van der Waals surface area contributed by atoms with Crippen LogP contribution in [-0.2, 0) is 23.8 Å². The van der Waals surface area contributed by atoms with Gasteiger partial charge in [-0.25, -0.2) is 0 Å². The molecule has 0 bridgehead atoms. The van der Waals surface area contributed by atoms with Gasteiger partial charge in [0, 0.05) is 20.5 Å². The minimum atomic E-state index is -5.01. The Balaban J connectivity index is 2.83. The molecule has 9 heteroatoms. The van der Waals surface area contributed by atoms with Crippen LogP contribution in [0.2, 0.25) is 0 Å². The molecule has 1 heterocycles. The average Bonchev–Trinajstić information content (AvgIpc) is 2.31. The summed E-state index contributed by atoms with van der Waals surface area (Å²) in [6.07, 6.45) is -7.57. The minimum absolute atomic E-state index is 0.0550. The normalized spacial score (nSPS) is 30.7. The van der Waals surface area contributed by atoms with Crippen molar-refractivity contribution in [2.75, 3.05) is 7.11 Å². The monoisotopic (exact) mass is 299 g/mol. The van der Waals surface area contributed by atoms with Gasteiger partial charge in [0.1, 0.15) is 6.10 Å². The molecule has 0 aromatic heterocycles. The van der Waals surface area contributed by atoms with E-state index in [1.807, 2.05) is 5.32 Å². The number of halogens is 3. The smallest absolute Gasteiger partial charge is 0.458 e. The standard InChI is InChI=1S/C11H16F3NO5/c1-5-9(20-6(2)16)7(4-8(18-3)19-5)15-10(17)11(12,13)14/h5,7-9H,4H2,1-3H3,(H,15,17)/t5-,7-,8-,9+/m0/s1. The van der Waals surface area contributed by atoms with E-state index in [4.69, 9.17) is 14.2 Å². The lowest BCUT2D eigenvalue weighted by atomic mass is 9.99. The number of alkyl halides is 3. The number of amides is 1. The van der Waals surface area contributed by atoms with Crippen LogP contribution in [0.25, 0.3) is 0 Å². The fourth-order valence-corrected chi connectivity index (χ4v) is 1.95. The molecule has 0 aromatic carbocycles. The van der Waals surface area contributed by atoms with Gasteiger partial charge in [-0.05, 0) is 6.92 Å². The van der Waals surface area contributed by atoms with E-state index >= 15 is 0 Å². The van der Waals surface area contributed by atoms with Gasteiger partial charge in [0.15, 0.2) is 6.29 Å². The summed E-state index contributed by atoms with van der Waals surface area (Å²) in [5.41, 5.74) is 0. The fraction of sp³-hybridized carbons (Fsp3) is 0.818. The molecule has 20 heavy (non-hydrogen) atoms. The van der Waals surface area contributed by atoms with Crippen LogP contribution < -0.4 is 5.32 Å². The quantitative estimate of drug-likeness (QED) is 0.778. The summed E-state index contributed by atoms with van der Waals surface area (Å²) in [6, 6.07) is -1.04. The summed E-state index contributed by atoms with van der Waals surface area (Å²) in [6.45, 7) is 2.64. The largest absolute Gasteiger partial charge is 0.471 e. The second kappa shape index (κ2) is 6.40. The van der Waals surface area contributed by atoms with Crippen molar-refractivity contribution < 1.29 is 37.0 Å². The average molecular weight is 299 g/mol. The van der Waals surface area contributed by atoms with E-state index in [1.165, 1.54) is 14.0 Å². The summed E-state index contributed by atoms with van der Waals surface area (Å²) in [4.78, 5) is 22.0. The van der Waals surface area contributed by atoms with E-state index in [-0.39, 0.29) is 6.42 Å². The molecule has 1 amide bonds. The summed E-state index contributed by atoms with van der Waals surface area (Å²) in [7, 11) is 1.33. The van der Waals surface area contributed by atoms with Gasteiger partial charge in [-0.1, -0.05) is 0 Å². The highest BCUT2D eigenvalue weighted by Gasteiger charge is 2.45. The molecule has 4 atom stereocenters. The molecular formula is C11H16F3NO5. The third kappa shape index (κ3) is 4.34. The van der Waals surface area contributed by atoms with Crippen molar-refractivity contribution in [1.82, 2.24) is 5.32 Å². The van der Waals surface area contributed by atoms with Crippen LogP contribution in [0, 0.1) is 0 Å². The number of carbonyl (C=O) groups excluding carboxylic acids is 2. The lowest BCUT2D eigenvalue weighted by Crippen LogP contribution is -2.58. The maximum atomic E-state index is 12.3. The summed E-state index contributed by atoms with van der Waals surface area (Å²) < 4.78 is 52.0. The first-order chi connectivity index (χ1) is 9.15. The first-order valence-corrected chi connectivity index (χ1v) is 5.88. The molecule has 0 aromatic rings. The molecule has 1 rings (SSSR count). The van der Waals surface area contributed by atoms with Crippen LogP contribution in [0.1, 0.15) is 20.3 Å². The maximum Gasteiger partial charge on any atom is 0.471 e. The third-order valence-electron chi connectivity index (χ3n) is 2.81. The number of ether oxygens (including phenoxy) is 3. The lowest BCUT2D eigenvalue weighted by Gasteiger charge is -2.39. The van der Waals surface area contributed by atoms with Gasteiger partial charge >= 0.3 is 18.1 Å². The summed E-state index contributed by atoms with van der Waals surface area (Å²) in [5.74, 6) is -2.77. The second-order valence-electron chi connectivity index (χ2n) is 4.39. The molecule has 0 spiro atoms. The Morgan fingerprint density at radius 1 is 1.35 bits per heavy atom. The zero-order valence-electron chi connectivity index (χ0n) is 11.2. The molecule has 1 N–H and O–H groups in total. The Bertz CT molecular complexity index is 374. The van der Waals surface area contributed by atoms with Crippen molar-refractivity contribution >= 4 is 11.9 Å². The molecule has 6 nitrogen and oxygen atoms in total. The predicted octanol–water partition coefficient (Wildman–Crippen LogP) is 0.746. The Morgan fingerprint density at radius 3 is 2.40 bits per heavy atom. The summed E-state index contributed by atoms with van der Waals surface area (Å²) in [5, 5.41) is 1.81. The van der Waals surface area contributed by atoms with Gasteiger partial charge in [0.2, 0.25) is 0 Å². The highest BCUT2D eigenvalue weighted by atomic mass is 19.4. The molecular weight excluding hydrogens is 283 g/mol. The van der Waals surface area contributed by atoms with Gasteiger partial charge in [-0.3, -0.25) is 9.59 Å². The van der Waals surface area contributed by atoms with E-state index in [0.29, 0.717) is 0 Å². The van der Waals surface area contributed by atoms with E-state index in [0.717, 1.165) is 6.92 Å². The molecule has 1 saturated heterocycles. The zero-order chi connectivity index (χ0) is 15.5. The lowest BCUT2D eigenvalue weighted by molar-refractivity contribution is -0.226. The number of esters is 1. The van der Waals surface area contributed by atoms with Crippen molar-refractivity contribution in [2.24, 2.45) is 0 Å². The topological polar surface area (TPSA) is 73.9 Å². The van der Waals surface area contributed by atoms with E-state index in [2.05, 4.69) is 0 Å². The van der Waals surface area contributed by atoms with E-state index < -0.39 is 42.6 Å². The maximum absolute atomic E-state index is 12.3. The van der Waals surface area contributed by atoms with Crippen LogP contribution in [0.15, 0.2) is 0 Å². The van der Waals surface area contributed by atoms with Crippen molar-refractivity contribution in [2.45, 2.75) is 51.0 Å². The molecule has 0 unspecified atom stereocenters. The van der Waals surface area contributed by atoms with Gasteiger partial charge < -0.3 is 19.5 Å². The highest BCUT2D eigenvalue weighted by Crippen LogP contribution is 2.25. The summed E-state index contributed by atoms with van der Waals surface area (Å²) >= 11 is 0. The van der Waals surface area contributed by atoms with Crippen LogP contribution in [-0.4, -0.2) is 49.7 Å². The molecule has 0 aliphatic carbocycles. The number of nitrogens with one attached hydrogen (secondary N) is 1. The number of rotatable bonds is 3. The predicted molar refractivity (Wildman–Crippen MR) is 59.5 cm³/mol. The Hall–Kier alpha value is -1.35. The van der Waals surface area contributed by atoms with Crippen molar-refractivity contribution in [3.63, 3.8) is 0 Å². The number of methoxy groups -OCH3 is 1. The molecule has 1 aliphatic heterocycles. The molecule has 0 radical (unpaired) electrons. The molecule has 1 fully saturated rings. The van der Waals surface area contributed by atoms with Crippen LogP contribution in [0.3, 0.4) is 0 Å². The Labute approximate surface area is 113 Å². The highest BCUT2D eigenvalue weighted by molar-refractivity contribution is 5.82. The number of carbonyl (C=O) groups is 2. The van der Waals surface area contributed by atoms with Crippen LogP contribution in [0.5, 0.6) is 0 Å². The SMILES string of the molecule is CO[C@@H]1C[C@H](NC(=O)C(F)(F)F)[C@H](OC(C)=O)[C@H](C)O1. The van der Waals surface area contributed by atoms with E-state index in [1.54, 1.807) is 0 Å². The third-order valence-corrected chi connectivity index (χ3v) is 2.81. The van der Waals surface area contributed by atoms with Gasteiger partial charge in [-0.15, -0.1) is 0 Å². The van der Waals surface area contributed by atoms with Crippen molar-refractivity contribution in [3.8, 4) is 0 Å². The van der Waals surface area contributed by atoms with Crippen molar-refractivity contribution in [1.29, 1.82) is 0 Å². The second-order valence-corrected chi connectivity index (χ2v) is 4.39. The minimum Gasteiger partial charge on any atom is -0.458 e. The zero-order valence-corrected chi connectivity index (χ0v) is 11.2. The Morgan fingerprint density at radius 2 is 1.95 bits per heavy atom. The van der Waals surface area contributed by atoms with Gasteiger partial charge in [0.25, 0.3) is 0 Å². The van der Waals surface area contributed by atoms with E-state index in [9.17, 15) is 22.8 Å². The number of hydrogen-bond donors (Lipinski definition) is 1. The number of hydrogen-bond acceptors (Lipinski definition) is 5. The van der Waals surface area contributed by atoms with Crippen LogP contribution >= 0.6 is 0 Å². The molecule has 116 valence electrons. The first-order valence-electron chi connectivity index (χ1n) is 5.88. The van der Waals surface area contributed by atoms with Gasteiger partial charge in [0.05, 0.1) is 12.1 Å².